The maximum absolute atomic E-state index is 12.2. The third-order valence-corrected chi connectivity index (χ3v) is 5.98. The van der Waals surface area contributed by atoms with E-state index in [4.69, 9.17) is 32.0 Å². The number of aromatic nitrogens is 4. The monoisotopic (exact) mass is 499 g/mol. The maximum Gasteiger partial charge on any atom is 0.362 e. The van der Waals surface area contributed by atoms with Crippen molar-refractivity contribution in [3.05, 3.63) is 41.4 Å². The first-order valence-electron chi connectivity index (χ1n) is 9.28. The summed E-state index contributed by atoms with van der Waals surface area (Å²) in [5, 5.41) is 21.0. The van der Waals surface area contributed by atoms with Crippen LogP contribution in [-0.4, -0.2) is 69.0 Å². The zero-order valence-electron chi connectivity index (χ0n) is 16.6. The molecule has 1 fully saturated rings. The number of carbonyl (C=O) groups excluding carboxylic acids is 1. The number of nitrogens with two attached hydrogens (primary N) is 2. The number of anilines is 2. The van der Waals surface area contributed by atoms with E-state index < -0.39 is 47.4 Å². The van der Waals surface area contributed by atoms with E-state index in [2.05, 4.69) is 15.0 Å². The van der Waals surface area contributed by atoms with Gasteiger partial charge in [0.05, 0.1) is 18.5 Å². The lowest BCUT2D eigenvalue weighted by Gasteiger charge is -2.16. The smallest absolute Gasteiger partial charge is 0.362 e. The SMILES string of the molecule is Nc1cc(Cl)ccc1C(=O)NS(=O)(=O)OC[C@H]1O[C@@H](n2cnc3c(N)ncnc32)[C@H](O)[C@@H]1O. The van der Waals surface area contributed by atoms with Crippen LogP contribution in [0.1, 0.15) is 16.6 Å². The number of nitrogens with one attached hydrogen (secondary N) is 1. The molecule has 1 aromatic carbocycles. The average molecular weight is 500 g/mol. The Hall–Kier alpha value is -3.08. The summed E-state index contributed by atoms with van der Waals surface area (Å²) in [6.07, 6.45) is -2.96. The molecule has 1 aliphatic rings. The molecule has 2 aromatic heterocycles. The normalized spacial score (nSPS) is 23.1. The molecular weight excluding hydrogens is 482 g/mol. The summed E-state index contributed by atoms with van der Waals surface area (Å²) in [6, 6.07) is 3.90. The number of ether oxygens (including phenoxy) is 1. The highest BCUT2D eigenvalue weighted by molar-refractivity contribution is 7.85. The van der Waals surface area contributed by atoms with Crippen molar-refractivity contribution in [2.75, 3.05) is 18.1 Å². The molecule has 1 saturated heterocycles. The molecule has 1 amide bonds. The Bertz CT molecular complexity index is 1320. The second-order valence-electron chi connectivity index (χ2n) is 7.03. The minimum absolute atomic E-state index is 0.0345. The van der Waals surface area contributed by atoms with Crippen LogP contribution in [0.15, 0.2) is 30.9 Å². The number of carbonyl (C=O) groups is 1. The molecule has 0 spiro atoms. The molecular formula is C17H18ClN7O7S. The van der Waals surface area contributed by atoms with Gasteiger partial charge in [-0.05, 0) is 18.2 Å². The number of hydrogen-bond acceptors (Lipinski definition) is 12. The van der Waals surface area contributed by atoms with Gasteiger partial charge in [0.15, 0.2) is 17.7 Å². The lowest BCUT2D eigenvalue weighted by Crippen LogP contribution is -2.38. The molecule has 7 N–H and O–H groups in total. The Balaban J connectivity index is 1.43. The molecule has 0 aliphatic carbocycles. The number of fused-ring (bicyclic) bond motifs is 1. The predicted octanol–water partition coefficient (Wildman–Crippen LogP) is -1.05. The predicted molar refractivity (Wildman–Crippen MR) is 114 cm³/mol. The first kappa shape index (κ1) is 23.1. The molecule has 0 radical (unpaired) electrons. The molecule has 4 rings (SSSR count). The second-order valence-corrected chi connectivity index (χ2v) is 8.82. The lowest BCUT2D eigenvalue weighted by atomic mass is 10.1. The van der Waals surface area contributed by atoms with Gasteiger partial charge < -0.3 is 26.4 Å². The van der Waals surface area contributed by atoms with Crippen LogP contribution in [0.4, 0.5) is 11.5 Å². The highest BCUT2D eigenvalue weighted by atomic mass is 35.5. The Morgan fingerprint density at radius 2 is 2.00 bits per heavy atom. The number of amides is 1. The third kappa shape index (κ3) is 4.54. The van der Waals surface area contributed by atoms with Crippen LogP contribution in [0.25, 0.3) is 11.2 Å². The number of benzene rings is 1. The summed E-state index contributed by atoms with van der Waals surface area (Å²) in [5.74, 6) is -0.938. The van der Waals surface area contributed by atoms with Gasteiger partial charge >= 0.3 is 10.3 Å². The van der Waals surface area contributed by atoms with Crippen LogP contribution in [0, 0.1) is 0 Å². The summed E-state index contributed by atoms with van der Waals surface area (Å²) in [5.41, 5.74) is 11.7. The lowest BCUT2D eigenvalue weighted by molar-refractivity contribution is -0.0468. The summed E-state index contributed by atoms with van der Waals surface area (Å²) in [7, 11) is -4.61. The van der Waals surface area contributed by atoms with Crippen molar-refractivity contribution in [1.82, 2.24) is 24.2 Å². The average Bonchev–Trinajstić information content (AvgIpc) is 3.29. The quantitative estimate of drug-likeness (QED) is 0.257. The summed E-state index contributed by atoms with van der Waals surface area (Å²) < 4.78 is 37.7. The Labute approximate surface area is 191 Å². The van der Waals surface area contributed by atoms with Gasteiger partial charge in [0.1, 0.15) is 30.2 Å². The van der Waals surface area contributed by atoms with Gasteiger partial charge in [-0.25, -0.2) is 19.7 Å². The van der Waals surface area contributed by atoms with E-state index >= 15 is 0 Å². The first-order valence-corrected chi connectivity index (χ1v) is 11.1. The fourth-order valence-corrected chi connectivity index (χ4v) is 4.14. The third-order valence-electron chi connectivity index (χ3n) is 4.86. The van der Waals surface area contributed by atoms with Crippen molar-refractivity contribution in [2.45, 2.75) is 24.5 Å². The number of aliphatic hydroxyl groups is 2. The number of imidazole rings is 1. The minimum Gasteiger partial charge on any atom is -0.398 e. The fourth-order valence-electron chi connectivity index (χ4n) is 3.25. The Morgan fingerprint density at radius 3 is 2.73 bits per heavy atom. The van der Waals surface area contributed by atoms with Crippen molar-refractivity contribution in [3.8, 4) is 0 Å². The van der Waals surface area contributed by atoms with E-state index in [1.807, 2.05) is 0 Å². The molecule has 3 heterocycles. The number of hydrogen-bond donors (Lipinski definition) is 5. The van der Waals surface area contributed by atoms with Crippen LogP contribution in [0.2, 0.25) is 5.02 Å². The Kier molecular flexibility index (Phi) is 6.08. The van der Waals surface area contributed by atoms with Crippen LogP contribution >= 0.6 is 11.6 Å². The standard InChI is InChI=1S/C17H18ClN7O7S/c18-7-1-2-8(9(19)3-7)16(28)24-33(29,30)31-4-10-12(26)13(27)17(32-10)25-6-23-11-14(20)21-5-22-15(11)25/h1-3,5-6,10,12-13,17,26-27H,4,19H2,(H,24,28)(H2,20,21,22)/t10-,12-,13-,17-/m1/s1. The summed E-state index contributed by atoms with van der Waals surface area (Å²) in [4.78, 5) is 24.1. The fraction of sp³-hybridized carbons (Fsp3) is 0.294. The van der Waals surface area contributed by atoms with Crippen molar-refractivity contribution in [1.29, 1.82) is 0 Å². The highest BCUT2D eigenvalue weighted by Crippen LogP contribution is 2.32. The van der Waals surface area contributed by atoms with Gasteiger partial charge in [0.25, 0.3) is 5.91 Å². The molecule has 3 aromatic rings. The van der Waals surface area contributed by atoms with Gasteiger partial charge in [0.2, 0.25) is 0 Å². The molecule has 176 valence electrons. The van der Waals surface area contributed by atoms with Crippen LogP contribution in [0.3, 0.4) is 0 Å². The molecule has 16 heteroatoms. The van der Waals surface area contributed by atoms with Crippen molar-refractivity contribution < 1.29 is 32.3 Å². The molecule has 1 aliphatic heterocycles. The molecule has 33 heavy (non-hydrogen) atoms. The first-order chi connectivity index (χ1) is 15.6. The minimum atomic E-state index is -4.61. The zero-order chi connectivity index (χ0) is 23.9. The molecule has 4 atom stereocenters. The van der Waals surface area contributed by atoms with E-state index in [1.54, 1.807) is 4.72 Å². The number of rotatable bonds is 6. The largest absolute Gasteiger partial charge is 0.398 e. The molecule has 0 unspecified atom stereocenters. The van der Waals surface area contributed by atoms with Gasteiger partial charge in [-0.2, -0.15) is 8.42 Å². The van der Waals surface area contributed by atoms with Crippen molar-refractivity contribution in [2.24, 2.45) is 0 Å². The molecule has 0 saturated carbocycles. The molecule has 14 nitrogen and oxygen atoms in total. The van der Waals surface area contributed by atoms with Crippen LogP contribution in [-0.2, 0) is 19.2 Å². The van der Waals surface area contributed by atoms with Crippen molar-refractivity contribution >= 4 is 50.5 Å². The van der Waals surface area contributed by atoms with E-state index in [-0.39, 0.29) is 33.3 Å². The summed E-state index contributed by atoms with van der Waals surface area (Å²) in [6.45, 7) is -0.711. The number of nitrogens with zero attached hydrogens (tertiary/aromatic N) is 4. The van der Waals surface area contributed by atoms with E-state index in [0.717, 1.165) is 0 Å². The number of halogens is 1. The highest BCUT2D eigenvalue weighted by Gasteiger charge is 2.45. The van der Waals surface area contributed by atoms with Crippen LogP contribution in [0.5, 0.6) is 0 Å². The van der Waals surface area contributed by atoms with E-state index in [0.29, 0.717) is 0 Å². The molecule has 0 bridgehead atoms. The van der Waals surface area contributed by atoms with Gasteiger partial charge in [-0.15, -0.1) is 0 Å². The second kappa shape index (κ2) is 8.69. The zero-order valence-corrected chi connectivity index (χ0v) is 18.1. The van der Waals surface area contributed by atoms with Crippen molar-refractivity contribution in [3.63, 3.8) is 0 Å². The van der Waals surface area contributed by atoms with Crippen LogP contribution < -0.4 is 16.2 Å². The maximum atomic E-state index is 12.2. The van der Waals surface area contributed by atoms with Gasteiger partial charge in [0, 0.05) is 10.7 Å². The Morgan fingerprint density at radius 1 is 1.24 bits per heavy atom. The number of nitrogen functional groups attached to an aromatic ring is 2. The van der Waals surface area contributed by atoms with Gasteiger partial charge in [-0.1, -0.05) is 11.6 Å². The topological polar surface area (TPSA) is 218 Å². The van der Waals surface area contributed by atoms with E-state index in [9.17, 15) is 23.4 Å². The summed E-state index contributed by atoms with van der Waals surface area (Å²) >= 11 is 5.76. The number of aliphatic hydroxyl groups excluding tert-OH is 2. The van der Waals surface area contributed by atoms with Gasteiger partial charge in [-0.3, -0.25) is 13.5 Å². The van der Waals surface area contributed by atoms with E-state index in [1.165, 1.54) is 35.4 Å².